The van der Waals surface area contributed by atoms with Crippen molar-refractivity contribution < 1.29 is 19.5 Å². The molecule has 1 amide bonds. The van der Waals surface area contributed by atoms with Crippen LogP contribution >= 0.6 is 0 Å². The molecule has 0 saturated carbocycles. The van der Waals surface area contributed by atoms with E-state index in [1.165, 1.54) is 0 Å². The highest BCUT2D eigenvalue weighted by Crippen LogP contribution is 2.10. The molecular weight excluding hydrogens is 282 g/mol. The van der Waals surface area contributed by atoms with Gasteiger partial charge in [0.15, 0.2) is 5.78 Å². The fraction of sp³-hybridized carbons (Fsp3) is 0.471. The molecule has 2 N–H and O–H groups in total. The lowest BCUT2D eigenvalue weighted by Gasteiger charge is -2.20. The Morgan fingerprint density at radius 3 is 2.23 bits per heavy atom. The minimum absolute atomic E-state index is 0.00702. The van der Waals surface area contributed by atoms with Gasteiger partial charge in [0.25, 0.3) is 0 Å². The topological polar surface area (TPSA) is 83.5 Å². The van der Waals surface area contributed by atoms with E-state index in [-0.39, 0.29) is 24.5 Å². The summed E-state index contributed by atoms with van der Waals surface area (Å²) in [4.78, 5) is 35.0. The van der Waals surface area contributed by atoms with Crippen LogP contribution in [0.15, 0.2) is 24.3 Å². The maximum absolute atomic E-state index is 12.0. The molecule has 1 aromatic rings. The number of benzene rings is 1. The molecule has 0 fully saturated rings. The molecule has 0 bridgehead atoms. The second kappa shape index (κ2) is 8.32. The Morgan fingerprint density at radius 2 is 1.73 bits per heavy atom. The Kier molecular flexibility index (Phi) is 6.76. The van der Waals surface area contributed by atoms with Gasteiger partial charge in [-0.3, -0.25) is 9.59 Å². The van der Waals surface area contributed by atoms with Crippen molar-refractivity contribution in [3.05, 3.63) is 35.4 Å². The highest BCUT2D eigenvalue weighted by molar-refractivity contribution is 5.98. The molecule has 2 atom stereocenters. The first-order chi connectivity index (χ1) is 10.3. The summed E-state index contributed by atoms with van der Waals surface area (Å²) in [6.07, 6.45) is 0.716. The van der Waals surface area contributed by atoms with Crippen LogP contribution < -0.4 is 5.32 Å². The van der Waals surface area contributed by atoms with Gasteiger partial charge in [0.1, 0.15) is 6.04 Å². The fourth-order valence-electron chi connectivity index (χ4n) is 2.04. The van der Waals surface area contributed by atoms with Crippen molar-refractivity contribution in [2.45, 2.75) is 46.1 Å². The molecule has 1 aromatic carbocycles. The van der Waals surface area contributed by atoms with Crippen molar-refractivity contribution in [2.75, 3.05) is 0 Å². The first-order valence-electron chi connectivity index (χ1n) is 7.47. The number of ketones is 1. The lowest BCUT2D eigenvalue weighted by atomic mass is 9.99. The maximum atomic E-state index is 12.0. The third-order valence-corrected chi connectivity index (χ3v) is 3.75. The number of hydrogen-bond donors (Lipinski definition) is 2. The highest BCUT2D eigenvalue weighted by Gasteiger charge is 2.25. The molecule has 120 valence electrons. The van der Waals surface area contributed by atoms with Crippen LogP contribution in [0.4, 0.5) is 0 Å². The molecule has 0 aromatic heterocycles. The lowest BCUT2D eigenvalue weighted by Crippen LogP contribution is -2.45. The van der Waals surface area contributed by atoms with E-state index < -0.39 is 17.9 Å². The summed E-state index contributed by atoms with van der Waals surface area (Å²) in [5.74, 6) is -1.74. The number of aliphatic carboxylic acids is 1. The minimum Gasteiger partial charge on any atom is -0.480 e. The first kappa shape index (κ1) is 17.9. The number of hydrogen-bond acceptors (Lipinski definition) is 3. The molecule has 1 rings (SSSR count). The van der Waals surface area contributed by atoms with Gasteiger partial charge in [-0.15, -0.1) is 0 Å². The van der Waals surface area contributed by atoms with E-state index >= 15 is 0 Å². The molecule has 0 radical (unpaired) electrons. The van der Waals surface area contributed by atoms with Crippen LogP contribution in [0.1, 0.15) is 49.0 Å². The van der Waals surface area contributed by atoms with Crippen molar-refractivity contribution in [1.29, 1.82) is 0 Å². The van der Waals surface area contributed by atoms with Gasteiger partial charge in [-0.1, -0.05) is 50.1 Å². The predicted octanol–water partition coefficient (Wildman–Crippen LogP) is 2.57. The molecule has 0 spiro atoms. The van der Waals surface area contributed by atoms with Crippen LogP contribution in [0.3, 0.4) is 0 Å². The van der Waals surface area contributed by atoms with Crippen LogP contribution in [0.2, 0.25) is 0 Å². The monoisotopic (exact) mass is 305 g/mol. The van der Waals surface area contributed by atoms with Gasteiger partial charge in [-0.05, 0) is 12.8 Å². The van der Waals surface area contributed by atoms with E-state index in [2.05, 4.69) is 5.32 Å². The molecular formula is C17H23NO4. The van der Waals surface area contributed by atoms with Gasteiger partial charge >= 0.3 is 5.97 Å². The lowest BCUT2D eigenvalue weighted by molar-refractivity contribution is -0.143. The summed E-state index contributed by atoms with van der Waals surface area (Å²) in [6.45, 7) is 5.58. The molecule has 0 heterocycles. The smallest absolute Gasteiger partial charge is 0.326 e. The third kappa shape index (κ3) is 5.31. The van der Waals surface area contributed by atoms with Gasteiger partial charge in [0.2, 0.25) is 5.91 Å². The van der Waals surface area contributed by atoms with Crippen molar-refractivity contribution in [3.8, 4) is 0 Å². The predicted molar refractivity (Wildman–Crippen MR) is 83.8 cm³/mol. The Bertz CT molecular complexity index is 536. The number of carboxylic acids is 1. The summed E-state index contributed by atoms with van der Waals surface area (Å²) in [5, 5.41) is 11.6. The number of carbonyl (C=O) groups is 3. The van der Waals surface area contributed by atoms with E-state index in [0.717, 1.165) is 5.56 Å². The first-order valence-corrected chi connectivity index (χ1v) is 7.47. The zero-order valence-electron chi connectivity index (χ0n) is 13.3. The van der Waals surface area contributed by atoms with Crippen LogP contribution in [0.5, 0.6) is 0 Å². The van der Waals surface area contributed by atoms with E-state index in [9.17, 15) is 14.4 Å². The molecule has 5 heteroatoms. The van der Waals surface area contributed by atoms with Crippen LogP contribution in [0.25, 0.3) is 0 Å². The normalized spacial score (nSPS) is 13.2. The average Bonchev–Trinajstić information content (AvgIpc) is 2.49. The third-order valence-electron chi connectivity index (χ3n) is 3.75. The minimum atomic E-state index is -1.05. The number of amides is 1. The standard InChI is InChI=1S/C17H23NO4/c1-4-12(3)16(17(21)22)18-15(20)10-9-14(19)13-7-5-11(2)6-8-13/h5-8,12,16H,4,9-10H2,1-3H3,(H,18,20)(H,21,22)/t12-,16-/m0/s1. The van der Waals surface area contributed by atoms with Gasteiger partial charge in [0, 0.05) is 18.4 Å². The Hall–Kier alpha value is -2.17. The molecule has 0 unspecified atom stereocenters. The van der Waals surface area contributed by atoms with Crippen molar-refractivity contribution in [1.82, 2.24) is 5.32 Å². The van der Waals surface area contributed by atoms with Gasteiger partial charge in [0.05, 0.1) is 0 Å². The summed E-state index contributed by atoms with van der Waals surface area (Å²) < 4.78 is 0. The quantitative estimate of drug-likeness (QED) is 0.723. The highest BCUT2D eigenvalue weighted by atomic mass is 16.4. The molecule has 22 heavy (non-hydrogen) atoms. The SMILES string of the molecule is CC[C@H](C)[C@H](NC(=O)CCC(=O)c1ccc(C)cc1)C(=O)O. The number of aryl methyl sites for hydroxylation is 1. The number of carbonyl (C=O) groups excluding carboxylic acids is 2. The van der Waals surface area contributed by atoms with Crippen molar-refractivity contribution in [3.63, 3.8) is 0 Å². The molecule has 0 saturated heterocycles. The molecule has 0 aliphatic carbocycles. The summed E-state index contributed by atoms with van der Waals surface area (Å²) in [6, 6.07) is 6.24. The van der Waals surface area contributed by atoms with E-state index in [4.69, 9.17) is 5.11 Å². The average molecular weight is 305 g/mol. The van der Waals surface area contributed by atoms with Crippen LogP contribution in [0, 0.1) is 12.8 Å². The Morgan fingerprint density at radius 1 is 1.14 bits per heavy atom. The van der Waals surface area contributed by atoms with Gasteiger partial charge < -0.3 is 10.4 Å². The molecule has 5 nitrogen and oxygen atoms in total. The van der Waals surface area contributed by atoms with E-state index in [0.29, 0.717) is 12.0 Å². The van der Waals surface area contributed by atoms with Gasteiger partial charge in [-0.25, -0.2) is 4.79 Å². The number of rotatable bonds is 8. The van der Waals surface area contributed by atoms with E-state index in [1.54, 1.807) is 19.1 Å². The van der Waals surface area contributed by atoms with Crippen LogP contribution in [-0.4, -0.2) is 28.8 Å². The molecule has 0 aliphatic heterocycles. The largest absolute Gasteiger partial charge is 0.480 e. The summed E-state index contributed by atoms with van der Waals surface area (Å²) >= 11 is 0. The van der Waals surface area contributed by atoms with Crippen molar-refractivity contribution in [2.24, 2.45) is 5.92 Å². The Labute approximate surface area is 130 Å². The second-order valence-electron chi connectivity index (χ2n) is 5.56. The second-order valence-corrected chi connectivity index (χ2v) is 5.56. The van der Waals surface area contributed by atoms with Crippen molar-refractivity contribution >= 4 is 17.7 Å². The summed E-state index contributed by atoms with van der Waals surface area (Å²) in [5.41, 5.74) is 1.63. The fourth-order valence-corrected chi connectivity index (χ4v) is 2.04. The number of nitrogens with one attached hydrogen (secondary N) is 1. The maximum Gasteiger partial charge on any atom is 0.326 e. The Balaban J connectivity index is 2.53. The zero-order valence-corrected chi connectivity index (χ0v) is 13.3. The van der Waals surface area contributed by atoms with E-state index in [1.807, 2.05) is 26.0 Å². The molecule has 0 aliphatic rings. The number of carboxylic acid groups (broad SMARTS) is 1. The van der Waals surface area contributed by atoms with Crippen LogP contribution in [-0.2, 0) is 9.59 Å². The summed E-state index contributed by atoms with van der Waals surface area (Å²) in [7, 11) is 0. The van der Waals surface area contributed by atoms with Gasteiger partial charge in [-0.2, -0.15) is 0 Å². The number of Topliss-reactive ketones (excluding diaryl/α,β-unsaturated/α-hetero) is 1. The zero-order chi connectivity index (χ0) is 16.7.